The van der Waals surface area contributed by atoms with Crippen molar-refractivity contribution in [3.63, 3.8) is 0 Å². The average Bonchev–Trinajstić information content (AvgIpc) is 2.78. The molecular weight excluding hydrogens is 392 g/mol. The predicted molar refractivity (Wildman–Crippen MR) is 125 cm³/mol. The quantitative estimate of drug-likeness (QED) is 0.224. The van der Waals surface area contributed by atoms with Crippen LogP contribution in [0.15, 0.2) is 42.5 Å². The fourth-order valence-electron chi connectivity index (χ4n) is 2.97. The third-order valence-electron chi connectivity index (χ3n) is 5.07. The molecule has 0 aromatic heterocycles. The third kappa shape index (κ3) is 14.3. The van der Waals surface area contributed by atoms with Gasteiger partial charge in [0.25, 0.3) is 0 Å². The largest absolute Gasteiger partial charge is 0.458 e. The summed E-state index contributed by atoms with van der Waals surface area (Å²) in [7, 11) is 2.00. The molecule has 31 heavy (non-hydrogen) atoms. The number of carbonyl (C=O) groups excluding carboxylic acids is 2. The lowest BCUT2D eigenvalue weighted by molar-refractivity contribution is -0.139. The Kier molecular flexibility index (Phi) is 14.9. The second kappa shape index (κ2) is 17.4. The van der Waals surface area contributed by atoms with Crippen LogP contribution in [0, 0.1) is 0 Å². The molecule has 0 unspecified atom stereocenters. The number of benzene rings is 1. The molecule has 0 radical (unpaired) electrons. The van der Waals surface area contributed by atoms with Crippen LogP contribution in [0.3, 0.4) is 0 Å². The van der Waals surface area contributed by atoms with Gasteiger partial charge in [0, 0.05) is 19.2 Å². The molecule has 6 nitrogen and oxygen atoms in total. The van der Waals surface area contributed by atoms with E-state index >= 15 is 0 Å². The number of nitrogens with one attached hydrogen (secondary N) is 1. The van der Waals surface area contributed by atoms with E-state index in [0.717, 1.165) is 31.5 Å². The van der Waals surface area contributed by atoms with Crippen LogP contribution in [0.1, 0.15) is 64.4 Å². The number of esters is 1. The van der Waals surface area contributed by atoms with E-state index in [1.807, 2.05) is 37.4 Å². The molecule has 1 aromatic carbocycles. The summed E-state index contributed by atoms with van der Waals surface area (Å²) in [6, 6.07) is 9.53. The van der Waals surface area contributed by atoms with E-state index in [-0.39, 0.29) is 6.61 Å². The zero-order valence-electron chi connectivity index (χ0n) is 19.5. The fourth-order valence-corrected chi connectivity index (χ4v) is 2.97. The molecule has 0 spiro atoms. The van der Waals surface area contributed by atoms with E-state index in [9.17, 15) is 9.59 Å². The third-order valence-corrected chi connectivity index (χ3v) is 5.07. The number of hydrogen-bond donors (Lipinski definition) is 1. The maximum Gasteiger partial charge on any atom is 0.407 e. The van der Waals surface area contributed by atoms with Gasteiger partial charge in [-0.05, 0) is 38.1 Å². The Labute approximate surface area is 188 Å². The van der Waals surface area contributed by atoms with Gasteiger partial charge < -0.3 is 19.7 Å². The second-order valence-corrected chi connectivity index (χ2v) is 7.78. The van der Waals surface area contributed by atoms with Crippen molar-refractivity contribution in [3.8, 4) is 0 Å². The van der Waals surface area contributed by atoms with Gasteiger partial charge in [-0.25, -0.2) is 9.59 Å². The molecule has 0 bridgehead atoms. The molecule has 0 aliphatic rings. The van der Waals surface area contributed by atoms with Gasteiger partial charge in [0.2, 0.25) is 0 Å². The van der Waals surface area contributed by atoms with Crippen LogP contribution in [-0.4, -0.2) is 49.7 Å². The normalized spacial score (nSPS) is 12.1. The Bertz CT molecular complexity index is 634. The molecule has 1 rings (SSSR count). The van der Waals surface area contributed by atoms with Crippen LogP contribution in [-0.2, 0) is 20.9 Å². The van der Waals surface area contributed by atoms with Crippen molar-refractivity contribution in [2.24, 2.45) is 0 Å². The summed E-state index contributed by atoms with van der Waals surface area (Å²) in [6.07, 6.45) is 9.71. The lowest BCUT2D eigenvalue weighted by Crippen LogP contribution is -2.34. The van der Waals surface area contributed by atoms with E-state index in [4.69, 9.17) is 9.47 Å². The number of nitrogens with zero attached hydrogens (tertiary/aromatic N) is 1. The van der Waals surface area contributed by atoms with Crippen molar-refractivity contribution in [2.75, 3.05) is 26.7 Å². The molecule has 0 fully saturated rings. The van der Waals surface area contributed by atoms with Crippen molar-refractivity contribution in [1.29, 1.82) is 0 Å². The summed E-state index contributed by atoms with van der Waals surface area (Å²) in [5, 5.41) is 2.78. The number of unbranched alkanes of at least 4 members (excludes halogenated alkanes) is 5. The number of amides is 1. The minimum atomic E-state index is -0.456. The highest BCUT2D eigenvalue weighted by molar-refractivity contribution is 5.82. The number of carbonyl (C=O) groups is 2. The first-order valence-electron chi connectivity index (χ1n) is 11.6. The number of alkyl carbamates (subject to hydrolysis) is 1. The lowest BCUT2D eigenvalue weighted by Gasteiger charge is -2.17. The molecule has 0 aliphatic heterocycles. The summed E-state index contributed by atoms with van der Waals surface area (Å²) in [5.74, 6) is -0.439. The number of rotatable bonds is 16. The summed E-state index contributed by atoms with van der Waals surface area (Å²) >= 11 is 0. The summed E-state index contributed by atoms with van der Waals surface area (Å²) < 4.78 is 10.8. The summed E-state index contributed by atoms with van der Waals surface area (Å²) in [6.45, 7) is 6.69. The van der Waals surface area contributed by atoms with E-state index in [2.05, 4.69) is 24.1 Å². The van der Waals surface area contributed by atoms with Gasteiger partial charge in [0.1, 0.15) is 12.7 Å². The van der Waals surface area contributed by atoms with Crippen molar-refractivity contribution in [2.45, 2.75) is 71.5 Å². The fraction of sp³-hybridized carbons (Fsp3) is 0.600. The van der Waals surface area contributed by atoms with Crippen LogP contribution in [0.25, 0.3) is 0 Å². The topological polar surface area (TPSA) is 67.9 Å². The molecule has 1 atom stereocenters. The van der Waals surface area contributed by atoms with E-state index in [1.54, 1.807) is 6.08 Å². The first kappa shape index (κ1) is 26.7. The number of likely N-dealkylation sites (N-methyl/N-ethyl adjacent to an activating group) is 1. The second-order valence-electron chi connectivity index (χ2n) is 7.78. The summed E-state index contributed by atoms with van der Waals surface area (Å²) in [5.41, 5.74) is 0.931. The monoisotopic (exact) mass is 432 g/mol. The highest BCUT2D eigenvalue weighted by atomic mass is 16.6. The highest BCUT2D eigenvalue weighted by Crippen LogP contribution is 2.12. The molecular formula is C25H40N2O4. The zero-order chi connectivity index (χ0) is 22.7. The van der Waals surface area contributed by atoms with Crippen LogP contribution in [0.4, 0.5) is 4.79 Å². The predicted octanol–water partition coefficient (Wildman–Crippen LogP) is 5.08. The standard InChI is InChI=1S/C25H40N2O4/c1-4-6-7-8-9-13-16-23(31-25(29)26-19-20-27(3)5-2)17-18-24(28)30-21-22-14-11-10-12-15-22/h10-12,14-15,17-18,23H,4-9,13,16,19-21H2,1-3H3,(H,26,29)/t23-/m1/s1. The molecule has 1 N–H and O–H groups in total. The van der Waals surface area contributed by atoms with Gasteiger partial charge in [0.15, 0.2) is 0 Å². The molecule has 1 amide bonds. The zero-order valence-corrected chi connectivity index (χ0v) is 19.5. The van der Waals surface area contributed by atoms with Gasteiger partial charge >= 0.3 is 12.1 Å². The number of ether oxygens (including phenoxy) is 2. The maximum absolute atomic E-state index is 12.2. The molecule has 0 heterocycles. The number of hydrogen-bond acceptors (Lipinski definition) is 5. The van der Waals surface area contributed by atoms with Gasteiger partial charge in [-0.3, -0.25) is 0 Å². The molecule has 0 saturated carbocycles. The molecule has 0 saturated heterocycles. The van der Waals surface area contributed by atoms with Crippen LogP contribution in [0.2, 0.25) is 0 Å². The maximum atomic E-state index is 12.2. The molecule has 0 aliphatic carbocycles. The Morgan fingerprint density at radius 2 is 1.77 bits per heavy atom. The minimum Gasteiger partial charge on any atom is -0.458 e. The van der Waals surface area contributed by atoms with E-state index < -0.39 is 18.2 Å². The Morgan fingerprint density at radius 3 is 2.48 bits per heavy atom. The smallest absolute Gasteiger partial charge is 0.407 e. The van der Waals surface area contributed by atoms with Gasteiger partial charge in [-0.15, -0.1) is 0 Å². The average molecular weight is 433 g/mol. The van der Waals surface area contributed by atoms with Crippen LogP contribution >= 0.6 is 0 Å². The molecule has 6 heteroatoms. The Morgan fingerprint density at radius 1 is 1.06 bits per heavy atom. The minimum absolute atomic E-state index is 0.221. The van der Waals surface area contributed by atoms with Gasteiger partial charge in [-0.2, -0.15) is 0 Å². The Balaban J connectivity index is 2.48. The molecule has 174 valence electrons. The van der Waals surface area contributed by atoms with Gasteiger partial charge in [0.05, 0.1) is 0 Å². The van der Waals surface area contributed by atoms with Gasteiger partial charge in [-0.1, -0.05) is 76.3 Å². The highest BCUT2D eigenvalue weighted by Gasteiger charge is 2.12. The summed E-state index contributed by atoms with van der Waals surface area (Å²) in [4.78, 5) is 26.3. The van der Waals surface area contributed by atoms with Crippen molar-refractivity contribution < 1.29 is 19.1 Å². The lowest BCUT2D eigenvalue weighted by atomic mass is 10.1. The SMILES string of the molecule is CCCCCCCC[C@H](C=CC(=O)OCc1ccccc1)OC(=O)NCCN(C)CC. The van der Waals surface area contributed by atoms with Crippen molar-refractivity contribution in [1.82, 2.24) is 10.2 Å². The first-order chi connectivity index (χ1) is 15.0. The van der Waals surface area contributed by atoms with E-state index in [1.165, 1.54) is 31.8 Å². The van der Waals surface area contributed by atoms with Crippen molar-refractivity contribution in [3.05, 3.63) is 48.0 Å². The molecule has 1 aromatic rings. The van der Waals surface area contributed by atoms with E-state index in [0.29, 0.717) is 13.0 Å². The van der Waals surface area contributed by atoms with Crippen LogP contribution in [0.5, 0.6) is 0 Å². The van der Waals surface area contributed by atoms with Crippen molar-refractivity contribution >= 4 is 12.1 Å². The first-order valence-corrected chi connectivity index (χ1v) is 11.6. The Hall–Kier alpha value is -2.34. The van der Waals surface area contributed by atoms with Crippen LogP contribution < -0.4 is 5.32 Å².